The molecule has 0 bridgehead atoms. The molecule has 1 aromatic rings. The molecular formula is C16H18O2. The van der Waals surface area contributed by atoms with Gasteiger partial charge in [0.05, 0.1) is 0 Å². The number of carbonyl (C=O) groups is 1. The number of aromatic hydroxyl groups is 1. The van der Waals surface area contributed by atoms with Gasteiger partial charge in [-0.25, -0.2) is 0 Å². The molecule has 0 aliphatic heterocycles. The molecule has 2 heteroatoms. The van der Waals surface area contributed by atoms with Crippen LogP contribution in [0.5, 0.6) is 5.75 Å². The molecule has 0 spiro atoms. The van der Waals surface area contributed by atoms with Crippen LogP contribution < -0.4 is 0 Å². The Balaban J connectivity index is 2.10. The summed E-state index contributed by atoms with van der Waals surface area (Å²) in [7, 11) is 0. The lowest BCUT2D eigenvalue weighted by molar-refractivity contribution is -0.117. The van der Waals surface area contributed by atoms with E-state index >= 15 is 0 Å². The number of carbonyl (C=O) groups excluding carboxylic acids is 1. The van der Waals surface area contributed by atoms with Gasteiger partial charge in [-0.15, -0.1) is 0 Å². The first kappa shape index (κ1) is 12.6. The van der Waals surface area contributed by atoms with Gasteiger partial charge in [0.15, 0.2) is 5.78 Å². The van der Waals surface area contributed by atoms with E-state index in [2.05, 4.69) is 6.58 Å². The Labute approximate surface area is 108 Å². The molecule has 2 nitrogen and oxygen atoms in total. The summed E-state index contributed by atoms with van der Waals surface area (Å²) in [5.74, 6) is 0.550. The second kappa shape index (κ2) is 5.21. The normalized spacial score (nSPS) is 20.2. The van der Waals surface area contributed by atoms with Crippen molar-refractivity contribution in [1.82, 2.24) is 0 Å². The van der Waals surface area contributed by atoms with Crippen molar-refractivity contribution in [3.63, 3.8) is 0 Å². The third kappa shape index (κ3) is 2.89. The molecule has 0 amide bonds. The van der Waals surface area contributed by atoms with Gasteiger partial charge >= 0.3 is 0 Å². The van der Waals surface area contributed by atoms with Gasteiger partial charge in [-0.3, -0.25) is 4.79 Å². The molecule has 1 aliphatic rings. The van der Waals surface area contributed by atoms with E-state index in [9.17, 15) is 9.90 Å². The molecule has 1 aliphatic carbocycles. The Kier molecular flexibility index (Phi) is 3.66. The number of phenols is 1. The Morgan fingerprint density at radius 1 is 1.39 bits per heavy atom. The highest BCUT2D eigenvalue weighted by atomic mass is 16.3. The minimum Gasteiger partial charge on any atom is -0.508 e. The molecule has 18 heavy (non-hydrogen) atoms. The molecule has 0 radical (unpaired) electrons. The first-order valence-corrected chi connectivity index (χ1v) is 6.24. The van der Waals surface area contributed by atoms with E-state index in [1.807, 2.05) is 19.1 Å². The average molecular weight is 242 g/mol. The fourth-order valence-corrected chi connectivity index (χ4v) is 2.31. The predicted octanol–water partition coefficient (Wildman–Crippen LogP) is 3.72. The van der Waals surface area contributed by atoms with Gasteiger partial charge in [-0.05, 0) is 55.5 Å². The third-order valence-corrected chi connectivity index (χ3v) is 3.47. The molecule has 1 unspecified atom stereocenters. The Morgan fingerprint density at radius 2 is 2.06 bits per heavy atom. The Hall–Kier alpha value is -1.83. The maximum absolute atomic E-state index is 12.1. The van der Waals surface area contributed by atoms with Crippen molar-refractivity contribution in [2.24, 2.45) is 5.92 Å². The monoisotopic (exact) mass is 242 g/mol. The van der Waals surface area contributed by atoms with Crippen molar-refractivity contribution >= 4 is 11.4 Å². The zero-order valence-electron chi connectivity index (χ0n) is 10.6. The van der Waals surface area contributed by atoms with Crippen LogP contribution in [0.1, 0.15) is 31.7 Å². The number of phenolic OH excluding ortho intramolecular Hbond substituents is 1. The zero-order chi connectivity index (χ0) is 13.1. The zero-order valence-corrected chi connectivity index (χ0v) is 10.6. The summed E-state index contributed by atoms with van der Waals surface area (Å²) in [6.07, 6.45) is 4.45. The lowest BCUT2D eigenvalue weighted by Gasteiger charge is -2.06. The Morgan fingerprint density at radius 3 is 2.61 bits per heavy atom. The summed E-state index contributed by atoms with van der Waals surface area (Å²) in [6.45, 7) is 5.86. The molecule has 2 rings (SSSR count). The third-order valence-electron chi connectivity index (χ3n) is 3.47. The summed E-state index contributed by atoms with van der Waals surface area (Å²) in [5, 5.41) is 9.23. The smallest absolute Gasteiger partial charge is 0.159 e. The molecule has 0 heterocycles. The number of hydrogen-bond acceptors (Lipinski definition) is 2. The number of rotatable bonds is 3. The van der Waals surface area contributed by atoms with Crippen LogP contribution in [0.4, 0.5) is 0 Å². The number of hydrogen-bond donors (Lipinski definition) is 1. The van der Waals surface area contributed by atoms with Crippen molar-refractivity contribution in [3.8, 4) is 5.75 Å². The molecule has 1 N–H and O–H groups in total. The average Bonchev–Trinajstić information content (AvgIpc) is 2.76. The molecule has 1 aromatic carbocycles. The highest BCUT2D eigenvalue weighted by Gasteiger charge is 2.23. The van der Waals surface area contributed by atoms with Crippen molar-refractivity contribution in [2.45, 2.75) is 26.2 Å². The van der Waals surface area contributed by atoms with Crippen LogP contribution in [-0.4, -0.2) is 10.9 Å². The van der Waals surface area contributed by atoms with Gasteiger partial charge in [0, 0.05) is 5.92 Å². The van der Waals surface area contributed by atoms with Crippen LogP contribution in [0.2, 0.25) is 0 Å². The second-order valence-corrected chi connectivity index (χ2v) is 4.97. The van der Waals surface area contributed by atoms with E-state index in [-0.39, 0.29) is 17.5 Å². The molecule has 94 valence electrons. The van der Waals surface area contributed by atoms with Crippen molar-refractivity contribution in [3.05, 3.63) is 48.1 Å². The lowest BCUT2D eigenvalue weighted by Crippen LogP contribution is -2.07. The van der Waals surface area contributed by atoms with E-state index < -0.39 is 0 Å². The Bertz CT molecular complexity index is 494. The molecule has 1 atom stereocenters. The van der Waals surface area contributed by atoms with Crippen LogP contribution in [-0.2, 0) is 4.79 Å². The van der Waals surface area contributed by atoms with E-state index in [1.165, 1.54) is 5.57 Å². The minimum atomic E-state index is 0.115. The highest BCUT2D eigenvalue weighted by Crippen LogP contribution is 2.30. The maximum atomic E-state index is 12.1. The number of allylic oxidation sites excluding steroid dienone is 3. The number of benzene rings is 1. The largest absolute Gasteiger partial charge is 0.508 e. The van der Waals surface area contributed by atoms with Gasteiger partial charge < -0.3 is 5.11 Å². The highest BCUT2D eigenvalue weighted by molar-refractivity contribution is 5.98. The summed E-state index contributed by atoms with van der Waals surface area (Å²) >= 11 is 0. The van der Waals surface area contributed by atoms with Crippen molar-refractivity contribution in [2.75, 3.05) is 0 Å². The SMILES string of the molecule is C=C1CCC(C(=O)/C=C(\C)c2ccc(O)cc2)C1. The van der Waals surface area contributed by atoms with Crippen LogP contribution >= 0.6 is 0 Å². The molecule has 1 fully saturated rings. The fraction of sp³-hybridized carbons (Fsp3) is 0.312. The fourth-order valence-electron chi connectivity index (χ4n) is 2.31. The van der Waals surface area contributed by atoms with Gasteiger partial charge in [-0.1, -0.05) is 24.3 Å². The molecule has 1 saturated carbocycles. The predicted molar refractivity (Wildman–Crippen MR) is 73.2 cm³/mol. The van der Waals surface area contributed by atoms with Crippen LogP contribution in [0.3, 0.4) is 0 Å². The van der Waals surface area contributed by atoms with E-state index in [0.29, 0.717) is 0 Å². The van der Waals surface area contributed by atoms with Gasteiger partial charge in [0.25, 0.3) is 0 Å². The van der Waals surface area contributed by atoms with Crippen molar-refractivity contribution < 1.29 is 9.90 Å². The molecule has 0 aromatic heterocycles. The summed E-state index contributed by atoms with van der Waals surface area (Å²) in [4.78, 5) is 12.1. The standard InChI is InChI=1S/C16H18O2/c1-11-3-4-14(9-11)16(18)10-12(2)13-5-7-15(17)8-6-13/h5-8,10,14,17H,1,3-4,9H2,2H3/b12-10+. The van der Waals surface area contributed by atoms with E-state index in [4.69, 9.17) is 0 Å². The van der Waals surface area contributed by atoms with Crippen LogP contribution in [0.15, 0.2) is 42.5 Å². The molecule has 0 saturated heterocycles. The number of ketones is 1. The van der Waals surface area contributed by atoms with Gasteiger partial charge in [0.2, 0.25) is 0 Å². The summed E-state index contributed by atoms with van der Waals surface area (Å²) in [5.41, 5.74) is 3.10. The second-order valence-electron chi connectivity index (χ2n) is 4.97. The maximum Gasteiger partial charge on any atom is 0.159 e. The van der Waals surface area contributed by atoms with E-state index in [0.717, 1.165) is 30.4 Å². The summed E-state index contributed by atoms with van der Waals surface area (Å²) in [6, 6.07) is 6.91. The lowest BCUT2D eigenvalue weighted by atomic mass is 9.98. The molecular weight excluding hydrogens is 224 g/mol. The summed E-state index contributed by atoms with van der Waals surface area (Å²) < 4.78 is 0. The van der Waals surface area contributed by atoms with Crippen LogP contribution in [0.25, 0.3) is 5.57 Å². The quantitative estimate of drug-likeness (QED) is 0.648. The van der Waals surface area contributed by atoms with Crippen molar-refractivity contribution in [1.29, 1.82) is 0 Å². The van der Waals surface area contributed by atoms with Crippen LogP contribution in [0, 0.1) is 5.92 Å². The minimum absolute atomic E-state index is 0.115. The van der Waals surface area contributed by atoms with E-state index in [1.54, 1.807) is 18.2 Å². The first-order valence-electron chi connectivity index (χ1n) is 6.24. The topological polar surface area (TPSA) is 37.3 Å². The van der Waals surface area contributed by atoms with Gasteiger partial charge in [-0.2, -0.15) is 0 Å². The first-order chi connectivity index (χ1) is 8.56. The van der Waals surface area contributed by atoms with Gasteiger partial charge in [0.1, 0.15) is 5.75 Å².